The maximum Gasteiger partial charge on any atom is 0.322 e. The van der Waals surface area contributed by atoms with Gasteiger partial charge in [-0.25, -0.2) is 0 Å². The van der Waals surface area contributed by atoms with E-state index in [0.29, 0.717) is 35.0 Å². The molecule has 5 atom stereocenters. The van der Waals surface area contributed by atoms with E-state index in [-0.39, 0.29) is 6.42 Å². The number of para-hydroxylation sites is 1. The highest BCUT2D eigenvalue weighted by Gasteiger charge is 2.36. The van der Waals surface area contributed by atoms with Crippen molar-refractivity contribution in [1.29, 1.82) is 0 Å². The number of benzene rings is 3. The molecular formula is C29H32O7S. The first-order valence-corrected chi connectivity index (χ1v) is 13.6. The van der Waals surface area contributed by atoms with Crippen LogP contribution < -0.4 is 4.74 Å². The molecule has 0 amide bonds. The minimum absolute atomic E-state index is 0.0622. The molecule has 7 nitrogen and oxygen atoms in total. The molecule has 8 heteroatoms. The van der Waals surface area contributed by atoms with Gasteiger partial charge in [-0.15, -0.1) is 0 Å². The molecule has 196 valence electrons. The van der Waals surface area contributed by atoms with Crippen LogP contribution in [-0.2, 0) is 25.1 Å². The number of hydrogen-bond donors (Lipinski definition) is 2. The number of aliphatic carboxylic acids is 1. The molecule has 0 aromatic heterocycles. The Balaban J connectivity index is 1.54. The molecule has 0 radical (unpaired) electrons. The molecule has 2 N–H and O–H groups in total. The van der Waals surface area contributed by atoms with E-state index < -0.39 is 40.5 Å². The third-order valence-corrected chi connectivity index (χ3v) is 8.14. The monoisotopic (exact) mass is 524 g/mol. The van der Waals surface area contributed by atoms with E-state index in [2.05, 4.69) is 0 Å². The van der Waals surface area contributed by atoms with Crippen LogP contribution in [0.3, 0.4) is 0 Å². The quantitative estimate of drug-likeness (QED) is 0.347. The number of ether oxygens (including phenoxy) is 3. The summed E-state index contributed by atoms with van der Waals surface area (Å²) in [6.45, 7) is 2.35. The molecule has 1 heterocycles. The summed E-state index contributed by atoms with van der Waals surface area (Å²) in [5.74, 6) is 0.0117. The van der Waals surface area contributed by atoms with Crippen molar-refractivity contribution >= 4 is 16.8 Å². The Hall–Kier alpha value is -3.04. The second kappa shape index (κ2) is 13.0. The van der Waals surface area contributed by atoms with Crippen molar-refractivity contribution in [1.82, 2.24) is 0 Å². The van der Waals surface area contributed by atoms with Gasteiger partial charge in [-0.2, -0.15) is 0 Å². The molecule has 0 bridgehead atoms. The van der Waals surface area contributed by atoms with Gasteiger partial charge in [0.15, 0.2) is 11.5 Å². The summed E-state index contributed by atoms with van der Waals surface area (Å²) in [4.78, 5) is 12.6. The molecule has 3 aromatic carbocycles. The number of aliphatic hydroxyl groups excluding tert-OH is 1. The first-order chi connectivity index (χ1) is 17.9. The summed E-state index contributed by atoms with van der Waals surface area (Å²) in [7, 11) is -1.96. The average Bonchev–Trinajstić information content (AvgIpc) is 2.90. The van der Waals surface area contributed by atoms with Crippen LogP contribution in [-0.4, -0.2) is 44.6 Å². The van der Waals surface area contributed by atoms with Gasteiger partial charge in [-0.3, -0.25) is 9.00 Å². The van der Waals surface area contributed by atoms with E-state index in [1.165, 1.54) is 0 Å². The Morgan fingerprint density at radius 3 is 2.32 bits per heavy atom. The fraction of sp³-hybridized carbons (Fsp3) is 0.345. The summed E-state index contributed by atoms with van der Waals surface area (Å²) in [5, 5.41) is 19.5. The molecule has 0 saturated carbocycles. The summed E-state index contributed by atoms with van der Waals surface area (Å²) < 4.78 is 31.1. The lowest BCUT2D eigenvalue weighted by Crippen LogP contribution is -2.39. The molecular weight excluding hydrogens is 492 g/mol. The second-order valence-electron chi connectivity index (χ2n) is 9.03. The lowest BCUT2D eigenvalue weighted by atomic mass is 10.0. The van der Waals surface area contributed by atoms with Crippen molar-refractivity contribution in [3.63, 3.8) is 0 Å². The van der Waals surface area contributed by atoms with E-state index in [0.717, 1.165) is 18.4 Å². The molecule has 3 unspecified atom stereocenters. The predicted molar refractivity (Wildman–Crippen MR) is 140 cm³/mol. The van der Waals surface area contributed by atoms with Crippen molar-refractivity contribution in [3.8, 4) is 11.5 Å². The van der Waals surface area contributed by atoms with Gasteiger partial charge in [-0.05, 0) is 67.6 Å². The lowest BCUT2D eigenvalue weighted by Gasteiger charge is -2.30. The van der Waals surface area contributed by atoms with E-state index in [1.807, 2.05) is 42.5 Å². The van der Waals surface area contributed by atoms with E-state index in [1.54, 1.807) is 43.3 Å². The van der Waals surface area contributed by atoms with Crippen LogP contribution in [0.2, 0.25) is 0 Å². The highest BCUT2D eigenvalue weighted by Crippen LogP contribution is 2.32. The number of carboxylic acid groups (broad SMARTS) is 1. The molecule has 37 heavy (non-hydrogen) atoms. The van der Waals surface area contributed by atoms with Gasteiger partial charge in [0, 0.05) is 17.9 Å². The highest BCUT2D eigenvalue weighted by atomic mass is 32.2. The molecule has 4 rings (SSSR count). The van der Waals surface area contributed by atoms with E-state index in [4.69, 9.17) is 14.2 Å². The fourth-order valence-electron chi connectivity index (χ4n) is 4.31. The van der Waals surface area contributed by atoms with Crippen LogP contribution in [0, 0.1) is 6.92 Å². The molecule has 0 aliphatic carbocycles. The number of hydrogen-bond acceptors (Lipinski definition) is 6. The van der Waals surface area contributed by atoms with Crippen LogP contribution in [0.15, 0.2) is 83.8 Å². The van der Waals surface area contributed by atoms with Crippen LogP contribution in [0.4, 0.5) is 0 Å². The second-order valence-corrected chi connectivity index (χ2v) is 10.6. The Kier molecular flexibility index (Phi) is 9.46. The van der Waals surface area contributed by atoms with Gasteiger partial charge in [0.25, 0.3) is 0 Å². The van der Waals surface area contributed by atoms with Gasteiger partial charge in [0.05, 0.1) is 23.0 Å². The third-order valence-electron chi connectivity index (χ3n) is 6.27. The molecule has 1 saturated heterocycles. The molecule has 0 spiro atoms. The fourth-order valence-corrected chi connectivity index (χ4v) is 5.76. The van der Waals surface area contributed by atoms with Gasteiger partial charge < -0.3 is 24.4 Å². The Morgan fingerprint density at radius 2 is 1.68 bits per heavy atom. The Labute approximate surface area is 219 Å². The molecule has 1 aliphatic rings. The summed E-state index contributed by atoms with van der Waals surface area (Å²) >= 11 is 0. The maximum atomic E-state index is 13.3. The van der Waals surface area contributed by atoms with Gasteiger partial charge >= 0.3 is 5.97 Å². The number of carboxylic acids is 1. The molecule has 3 aromatic rings. The van der Waals surface area contributed by atoms with Crippen LogP contribution >= 0.6 is 0 Å². The highest BCUT2D eigenvalue weighted by molar-refractivity contribution is 7.86. The minimum Gasteiger partial charge on any atom is -0.480 e. The maximum absolute atomic E-state index is 13.3. The third kappa shape index (κ3) is 7.26. The smallest absolute Gasteiger partial charge is 0.322 e. The zero-order valence-electron chi connectivity index (χ0n) is 20.7. The summed E-state index contributed by atoms with van der Waals surface area (Å²) in [6.07, 6.45) is 0.00315. The average molecular weight is 525 g/mol. The Morgan fingerprint density at radius 1 is 1.00 bits per heavy atom. The number of aryl methyl sites for hydroxylation is 1. The first kappa shape index (κ1) is 27.0. The number of carbonyl (C=O) groups is 1. The largest absolute Gasteiger partial charge is 0.480 e. The predicted octanol–water partition coefficient (Wildman–Crippen LogP) is 5.38. The van der Waals surface area contributed by atoms with Gasteiger partial charge in [0.1, 0.15) is 11.5 Å². The zero-order chi connectivity index (χ0) is 26.2. The number of rotatable bonds is 11. The van der Waals surface area contributed by atoms with Crippen molar-refractivity contribution in [2.45, 2.75) is 61.3 Å². The molecule has 1 aliphatic heterocycles. The first-order valence-electron chi connectivity index (χ1n) is 12.4. The van der Waals surface area contributed by atoms with E-state index in [9.17, 15) is 19.2 Å². The normalized spacial score (nSPS) is 18.9. The van der Waals surface area contributed by atoms with Crippen molar-refractivity contribution in [2.75, 3.05) is 6.61 Å². The zero-order valence-corrected chi connectivity index (χ0v) is 21.5. The van der Waals surface area contributed by atoms with Crippen molar-refractivity contribution < 1.29 is 33.4 Å². The topological polar surface area (TPSA) is 102 Å². The minimum atomic E-state index is -1.96. The van der Waals surface area contributed by atoms with Gasteiger partial charge in [-0.1, -0.05) is 48.5 Å². The van der Waals surface area contributed by atoms with Crippen molar-refractivity contribution in [3.05, 3.63) is 90.0 Å². The van der Waals surface area contributed by atoms with Gasteiger partial charge in [0.2, 0.25) is 0 Å². The standard InChI is InChI=1S/C29H32O7S/c1-20-9-5-6-12-26(20)37(33)28(29(31)32)24(30)19-25(36-27-13-7-8-18-34-27)21-14-16-23(17-15-21)35-22-10-3-2-4-11-22/h2-6,9-12,14-17,24-25,27-28,30H,7-8,13,18-19H2,1H3,(H,31,32)/t24-,25-,27?,28?,37?/m0/s1. The van der Waals surface area contributed by atoms with Crippen LogP contribution in [0.1, 0.15) is 42.9 Å². The molecule has 1 fully saturated rings. The van der Waals surface area contributed by atoms with E-state index >= 15 is 0 Å². The van der Waals surface area contributed by atoms with Crippen LogP contribution in [0.5, 0.6) is 11.5 Å². The number of aliphatic hydroxyl groups is 1. The summed E-state index contributed by atoms with van der Waals surface area (Å²) in [6, 6.07) is 23.5. The summed E-state index contributed by atoms with van der Waals surface area (Å²) in [5.41, 5.74) is 1.44. The lowest BCUT2D eigenvalue weighted by molar-refractivity contribution is -0.195. The van der Waals surface area contributed by atoms with Crippen LogP contribution in [0.25, 0.3) is 0 Å². The van der Waals surface area contributed by atoms with Crippen molar-refractivity contribution in [2.24, 2.45) is 0 Å². The Bertz CT molecular complexity index is 1180. The SMILES string of the molecule is Cc1ccccc1S(=O)C(C(=O)O)[C@@H](O)C[C@H](OC1CCCCO1)c1ccc(Oc2ccccc2)cc1.